The Labute approximate surface area is 103 Å². The molecule has 4 heteroatoms. The van der Waals surface area contributed by atoms with E-state index in [1.165, 1.54) is 6.42 Å². The molecule has 1 saturated heterocycles. The van der Waals surface area contributed by atoms with Gasteiger partial charge in [0.2, 0.25) is 5.91 Å². The molecule has 2 rings (SSSR count). The summed E-state index contributed by atoms with van der Waals surface area (Å²) in [5.41, 5.74) is 5.56. The monoisotopic (exact) mass is 240 g/mol. The third-order valence-corrected chi connectivity index (χ3v) is 4.50. The Hall–Kier alpha value is -0.610. The maximum absolute atomic E-state index is 12.7. The van der Waals surface area contributed by atoms with E-state index in [1.807, 2.05) is 4.90 Å². The molecule has 0 bridgehead atoms. The van der Waals surface area contributed by atoms with Crippen molar-refractivity contribution < 1.29 is 9.90 Å². The summed E-state index contributed by atoms with van der Waals surface area (Å²) in [4.78, 5) is 14.5. The second kappa shape index (κ2) is 5.36. The molecule has 2 aliphatic rings. The van der Waals surface area contributed by atoms with Crippen LogP contribution in [0.25, 0.3) is 0 Å². The highest BCUT2D eigenvalue weighted by Crippen LogP contribution is 2.38. The fourth-order valence-electron chi connectivity index (χ4n) is 3.33. The average molecular weight is 240 g/mol. The van der Waals surface area contributed by atoms with Crippen LogP contribution in [0.1, 0.15) is 44.9 Å². The summed E-state index contributed by atoms with van der Waals surface area (Å²) in [6, 6.07) is 0.0350. The highest BCUT2D eigenvalue weighted by atomic mass is 16.3. The van der Waals surface area contributed by atoms with Gasteiger partial charge in [0.1, 0.15) is 0 Å². The first-order chi connectivity index (χ1) is 8.23. The predicted octanol–water partition coefficient (Wildman–Crippen LogP) is 0.879. The molecule has 1 saturated carbocycles. The Kier molecular flexibility index (Phi) is 4.05. The number of aliphatic hydroxyl groups excluding tert-OH is 1. The van der Waals surface area contributed by atoms with Gasteiger partial charge < -0.3 is 15.7 Å². The van der Waals surface area contributed by atoms with Crippen LogP contribution in [-0.4, -0.2) is 41.7 Å². The van der Waals surface area contributed by atoms with Crippen LogP contribution >= 0.6 is 0 Å². The molecule has 1 heterocycles. The van der Waals surface area contributed by atoms with E-state index in [-0.39, 0.29) is 24.0 Å². The van der Waals surface area contributed by atoms with Gasteiger partial charge in [0.25, 0.3) is 0 Å². The van der Waals surface area contributed by atoms with E-state index in [0.29, 0.717) is 6.54 Å². The smallest absolute Gasteiger partial charge is 0.230 e. The maximum atomic E-state index is 12.7. The van der Waals surface area contributed by atoms with E-state index >= 15 is 0 Å². The summed E-state index contributed by atoms with van der Waals surface area (Å²) in [5, 5.41) is 9.32. The van der Waals surface area contributed by atoms with Crippen molar-refractivity contribution in [1.29, 1.82) is 0 Å². The molecule has 3 N–H and O–H groups in total. The van der Waals surface area contributed by atoms with Crippen LogP contribution in [0, 0.1) is 5.41 Å². The predicted molar refractivity (Wildman–Crippen MR) is 66.4 cm³/mol. The van der Waals surface area contributed by atoms with Crippen LogP contribution in [-0.2, 0) is 4.79 Å². The lowest BCUT2D eigenvalue weighted by molar-refractivity contribution is -0.145. The minimum absolute atomic E-state index is 0.0350. The van der Waals surface area contributed by atoms with Gasteiger partial charge in [-0.15, -0.1) is 0 Å². The first kappa shape index (κ1) is 12.8. The number of nitrogens with two attached hydrogens (primary N) is 1. The molecule has 0 radical (unpaired) electrons. The SMILES string of the molecule is NCC1(C(=O)N2CCC[C@@H]2CO)CCCCC1. The van der Waals surface area contributed by atoms with E-state index in [2.05, 4.69) is 0 Å². The molecule has 0 unspecified atom stereocenters. The van der Waals surface area contributed by atoms with Gasteiger partial charge in [-0.25, -0.2) is 0 Å². The van der Waals surface area contributed by atoms with Gasteiger partial charge in [0.15, 0.2) is 0 Å². The molecule has 0 aromatic carbocycles. The van der Waals surface area contributed by atoms with Crippen LogP contribution in [0.3, 0.4) is 0 Å². The van der Waals surface area contributed by atoms with Crippen LogP contribution in [0.2, 0.25) is 0 Å². The van der Waals surface area contributed by atoms with E-state index in [4.69, 9.17) is 5.73 Å². The van der Waals surface area contributed by atoms with Crippen molar-refractivity contribution in [2.75, 3.05) is 19.7 Å². The molecule has 1 aliphatic carbocycles. The largest absolute Gasteiger partial charge is 0.394 e. The van der Waals surface area contributed by atoms with Crippen molar-refractivity contribution in [3.63, 3.8) is 0 Å². The first-order valence-electron chi connectivity index (χ1n) is 6.85. The van der Waals surface area contributed by atoms with E-state index < -0.39 is 0 Å². The molecule has 4 nitrogen and oxygen atoms in total. The lowest BCUT2D eigenvalue weighted by atomic mass is 9.73. The van der Waals surface area contributed by atoms with Gasteiger partial charge in [-0.3, -0.25) is 4.79 Å². The summed E-state index contributed by atoms with van der Waals surface area (Å²) in [6.07, 6.45) is 7.24. The van der Waals surface area contributed by atoms with Gasteiger partial charge in [-0.05, 0) is 25.7 Å². The fraction of sp³-hybridized carbons (Fsp3) is 0.923. The molecule has 0 aromatic heterocycles. The molecule has 1 atom stereocenters. The third kappa shape index (κ3) is 2.33. The zero-order valence-electron chi connectivity index (χ0n) is 10.5. The number of rotatable bonds is 3. The molecule has 2 fully saturated rings. The summed E-state index contributed by atoms with van der Waals surface area (Å²) in [5.74, 6) is 0.205. The van der Waals surface area contributed by atoms with Gasteiger partial charge >= 0.3 is 0 Å². The Morgan fingerprint density at radius 2 is 2.00 bits per heavy atom. The Balaban J connectivity index is 2.10. The van der Waals surface area contributed by atoms with Gasteiger partial charge in [-0.2, -0.15) is 0 Å². The molecule has 1 amide bonds. The normalized spacial score (nSPS) is 28.4. The number of hydrogen-bond acceptors (Lipinski definition) is 3. The zero-order valence-corrected chi connectivity index (χ0v) is 10.5. The number of hydrogen-bond donors (Lipinski definition) is 2. The molecular formula is C13H24N2O2. The summed E-state index contributed by atoms with van der Waals surface area (Å²) in [7, 11) is 0. The van der Waals surface area contributed by atoms with Crippen LogP contribution < -0.4 is 5.73 Å². The molecule has 1 aliphatic heterocycles. The van der Waals surface area contributed by atoms with Crippen molar-refractivity contribution >= 4 is 5.91 Å². The van der Waals surface area contributed by atoms with E-state index in [9.17, 15) is 9.90 Å². The molecule has 0 aromatic rings. The van der Waals surface area contributed by atoms with Gasteiger partial charge in [0.05, 0.1) is 18.1 Å². The fourth-order valence-corrected chi connectivity index (χ4v) is 3.33. The third-order valence-electron chi connectivity index (χ3n) is 4.50. The minimum Gasteiger partial charge on any atom is -0.394 e. The van der Waals surface area contributed by atoms with Crippen LogP contribution in [0.15, 0.2) is 0 Å². The highest BCUT2D eigenvalue weighted by Gasteiger charge is 2.43. The maximum Gasteiger partial charge on any atom is 0.230 e. The Morgan fingerprint density at radius 1 is 1.29 bits per heavy atom. The number of carbonyl (C=O) groups is 1. The van der Waals surface area contributed by atoms with Crippen molar-refractivity contribution in [3.05, 3.63) is 0 Å². The molecule has 0 spiro atoms. The first-order valence-corrected chi connectivity index (χ1v) is 6.85. The van der Waals surface area contributed by atoms with Crippen LogP contribution in [0.4, 0.5) is 0 Å². The number of carbonyl (C=O) groups excluding carboxylic acids is 1. The summed E-state index contributed by atoms with van der Waals surface area (Å²) in [6.45, 7) is 1.35. The molecule has 17 heavy (non-hydrogen) atoms. The number of aliphatic hydroxyl groups is 1. The lowest BCUT2D eigenvalue weighted by Gasteiger charge is -2.39. The Bertz CT molecular complexity index is 275. The summed E-state index contributed by atoms with van der Waals surface area (Å²) < 4.78 is 0. The van der Waals surface area contributed by atoms with Gasteiger partial charge in [0, 0.05) is 13.1 Å². The molecule has 98 valence electrons. The second-order valence-corrected chi connectivity index (χ2v) is 5.52. The van der Waals surface area contributed by atoms with Gasteiger partial charge in [-0.1, -0.05) is 19.3 Å². The van der Waals surface area contributed by atoms with Crippen LogP contribution in [0.5, 0.6) is 0 Å². The second-order valence-electron chi connectivity index (χ2n) is 5.52. The van der Waals surface area contributed by atoms with Crippen molar-refractivity contribution in [2.45, 2.75) is 51.0 Å². The summed E-state index contributed by atoms with van der Waals surface area (Å²) >= 11 is 0. The number of nitrogens with zero attached hydrogens (tertiary/aromatic N) is 1. The van der Waals surface area contributed by atoms with Crippen molar-refractivity contribution in [1.82, 2.24) is 4.90 Å². The van der Waals surface area contributed by atoms with E-state index in [1.54, 1.807) is 0 Å². The molecular weight excluding hydrogens is 216 g/mol. The zero-order chi connectivity index (χ0) is 12.3. The van der Waals surface area contributed by atoms with Crippen molar-refractivity contribution in [3.8, 4) is 0 Å². The number of amides is 1. The lowest BCUT2D eigenvalue weighted by Crippen LogP contribution is -2.51. The quantitative estimate of drug-likeness (QED) is 0.769. The minimum atomic E-state index is -0.323. The average Bonchev–Trinajstić information content (AvgIpc) is 2.86. The number of likely N-dealkylation sites (tertiary alicyclic amines) is 1. The topological polar surface area (TPSA) is 66.6 Å². The standard InChI is InChI=1S/C13H24N2O2/c14-10-13(6-2-1-3-7-13)12(17)15-8-4-5-11(15)9-16/h11,16H,1-10,14H2/t11-/m1/s1. The highest BCUT2D eigenvalue weighted by molar-refractivity contribution is 5.83. The Morgan fingerprint density at radius 3 is 2.59 bits per heavy atom. The van der Waals surface area contributed by atoms with Crippen molar-refractivity contribution in [2.24, 2.45) is 11.1 Å². The van der Waals surface area contributed by atoms with E-state index in [0.717, 1.165) is 45.1 Å².